The molecule has 1 amide bonds. The van der Waals surface area contributed by atoms with Gasteiger partial charge < -0.3 is 10.2 Å². The molecule has 0 fully saturated rings. The minimum absolute atomic E-state index is 0.135. The molecule has 4 nitrogen and oxygen atoms in total. The van der Waals surface area contributed by atoms with Crippen molar-refractivity contribution in [3.8, 4) is 0 Å². The van der Waals surface area contributed by atoms with E-state index in [1.165, 1.54) is 0 Å². The van der Waals surface area contributed by atoms with Crippen molar-refractivity contribution in [2.24, 2.45) is 0 Å². The Hall–Kier alpha value is -0.770. The zero-order chi connectivity index (χ0) is 9.78. The topological polar surface area (TPSA) is 50.4 Å². The molecule has 0 heterocycles. The highest BCUT2D eigenvalue weighted by atomic mass is 16.7. The molecule has 0 bridgehead atoms. The van der Waals surface area contributed by atoms with Crippen molar-refractivity contribution in [3.63, 3.8) is 0 Å². The van der Waals surface area contributed by atoms with Gasteiger partial charge in [-0.2, -0.15) is 0 Å². The third kappa shape index (κ3) is 7.34. The zero-order valence-electron chi connectivity index (χ0n) is 8.39. The van der Waals surface area contributed by atoms with Crippen LogP contribution in [0.4, 0.5) is 4.79 Å². The second-order valence-electron chi connectivity index (χ2n) is 4.04. The normalized spacial score (nSPS) is 11.5. The minimum Gasteiger partial charge on any atom is -0.354 e. The van der Waals surface area contributed by atoms with Gasteiger partial charge in [0.05, 0.1) is 0 Å². The van der Waals surface area contributed by atoms with Crippen LogP contribution in [0.5, 0.6) is 0 Å². The molecule has 0 aromatic heterocycles. The maximum absolute atomic E-state index is 11.0. The fourth-order valence-electron chi connectivity index (χ4n) is 0.503. The molecule has 0 radical (unpaired) electrons. The molecular weight excluding hydrogens is 156 g/mol. The monoisotopic (exact) mass is 174 g/mol. The maximum Gasteiger partial charge on any atom is 0.426 e. The van der Waals surface area contributed by atoms with E-state index in [2.05, 4.69) is 15.6 Å². The lowest BCUT2D eigenvalue weighted by Crippen LogP contribution is -2.43. The smallest absolute Gasteiger partial charge is 0.354 e. The SMILES string of the molecule is CC(C)NOC(=O)NC(C)(C)C. The zero-order valence-corrected chi connectivity index (χ0v) is 8.39. The Morgan fingerprint density at radius 3 is 2.17 bits per heavy atom. The van der Waals surface area contributed by atoms with Crippen molar-refractivity contribution in [2.45, 2.75) is 46.2 Å². The number of amides is 1. The van der Waals surface area contributed by atoms with E-state index in [0.717, 1.165) is 0 Å². The van der Waals surface area contributed by atoms with Crippen LogP contribution < -0.4 is 10.8 Å². The molecule has 0 saturated heterocycles. The number of carbonyl (C=O) groups is 1. The summed E-state index contributed by atoms with van der Waals surface area (Å²) in [4.78, 5) is 15.6. The van der Waals surface area contributed by atoms with Gasteiger partial charge in [-0.15, -0.1) is 5.48 Å². The van der Waals surface area contributed by atoms with Gasteiger partial charge in [-0.3, -0.25) is 0 Å². The first kappa shape index (κ1) is 11.2. The van der Waals surface area contributed by atoms with E-state index in [0.29, 0.717) is 0 Å². The number of rotatable bonds is 2. The van der Waals surface area contributed by atoms with E-state index in [1.807, 2.05) is 34.6 Å². The van der Waals surface area contributed by atoms with Gasteiger partial charge in [0, 0.05) is 11.6 Å². The lowest BCUT2D eigenvalue weighted by Gasteiger charge is -2.20. The quantitative estimate of drug-likeness (QED) is 0.622. The van der Waals surface area contributed by atoms with Crippen molar-refractivity contribution in [3.05, 3.63) is 0 Å². The molecule has 4 heteroatoms. The summed E-state index contributed by atoms with van der Waals surface area (Å²) < 4.78 is 0. The van der Waals surface area contributed by atoms with E-state index < -0.39 is 6.09 Å². The van der Waals surface area contributed by atoms with Crippen molar-refractivity contribution in [2.75, 3.05) is 0 Å². The fourth-order valence-corrected chi connectivity index (χ4v) is 0.503. The van der Waals surface area contributed by atoms with Crippen LogP contribution in [0.2, 0.25) is 0 Å². The summed E-state index contributed by atoms with van der Waals surface area (Å²) in [6, 6.07) is 0.135. The van der Waals surface area contributed by atoms with Crippen LogP contribution in [0.3, 0.4) is 0 Å². The van der Waals surface area contributed by atoms with Gasteiger partial charge in [-0.25, -0.2) is 4.79 Å². The number of nitrogens with one attached hydrogen (secondary N) is 2. The Bertz CT molecular complexity index is 150. The Kier molecular flexibility index (Phi) is 4.03. The fraction of sp³-hybridized carbons (Fsp3) is 0.875. The molecule has 0 aromatic carbocycles. The van der Waals surface area contributed by atoms with E-state index >= 15 is 0 Å². The molecule has 0 rings (SSSR count). The molecule has 0 saturated carbocycles. The molecule has 0 aliphatic carbocycles. The first-order chi connectivity index (χ1) is 5.31. The summed E-state index contributed by atoms with van der Waals surface area (Å²) in [6.45, 7) is 9.46. The molecule has 0 aliphatic rings. The van der Waals surface area contributed by atoms with Gasteiger partial charge >= 0.3 is 6.09 Å². The van der Waals surface area contributed by atoms with Crippen LogP contribution in [0.15, 0.2) is 0 Å². The van der Waals surface area contributed by atoms with Gasteiger partial charge in [0.25, 0.3) is 0 Å². The maximum atomic E-state index is 11.0. The first-order valence-corrected chi connectivity index (χ1v) is 4.06. The van der Waals surface area contributed by atoms with Gasteiger partial charge in [0.2, 0.25) is 0 Å². The third-order valence-electron chi connectivity index (χ3n) is 0.864. The molecule has 0 atom stereocenters. The van der Waals surface area contributed by atoms with Gasteiger partial charge in [-0.05, 0) is 34.6 Å². The Balaban J connectivity index is 3.61. The third-order valence-corrected chi connectivity index (χ3v) is 0.864. The predicted molar refractivity (Wildman–Crippen MR) is 47.6 cm³/mol. The number of hydrogen-bond donors (Lipinski definition) is 2. The van der Waals surface area contributed by atoms with Crippen molar-refractivity contribution in [1.82, 2.24) is 10.8 Å². The number of carbonyl (C=O) groups excluding carboxylic acids is 1. The van der Waals surface area contributed by atoms with Crippen LogP contribution in [0.25, 0.3) is 0 Å². The van der Waals surface area contributed by atoms with E-state index in [4.69, 9.17) is 0 Å². The van der Waals surface area contributed by atoms with Crippen LogP contribution in [0.1, 0.15) is 34.6 Å². The largest absolute Gasteiger partial charge is 0.426 e. The molecule has 12 heavy (non-hydrogen) atoms. The van der Waals surface area contributed by atoms with Gasteiger partial charge in [-0.1, -0.05) is 0 Å². The van der Waals surface area contributed by atoms with Crippen molar-refractivity contribution >= 4 is 6.09 Å². The predicted octanol–water partition coefficient (Wildman–Crippen LogP) is 1.42. The highest BCUT2D eigenvalue weighted by molar-refractivity contribution is 5.67. The van der Waals surface area contributed by atoms with Crippen molar-refractivity contribution in [1.29, 1.82) is 0 Å². The van der Waals surface area contributed by atoms with Gasteiger partial charge in [0.15, 0.2) is 0 Å². The van der Waals surface area contributed by atoms with E-state index in [1.54, 1.807) is 0 Å². The molecule has 0 spiro atoms. The molecule has 2 N–H and O–H groups in total. The second-order valence-corrected chi connectivity index (χ2v) is 4.04. The first-order valence-electron chi connectivity index (χ1n) is 4.06. The van der Waals surface area contributed by atoms with Crippen molar-refractivity contribution < 1.29 is 9.63 Å². The molecule has 0 unspecified atom stereocenters. The molecular formula is C8H18N2O2. The highest BCUT2D eigenvalue weighted by Crippen LogP contribution is 1.98. The van der Waals surface area contributed by atoms with Crippen LogP contribution in [-0.2, 0) is 4.84 Å². The molecule has 0 aliphatic heterocycles. The minimum atomic E-state index is -0.448. The summed E-state index contributed by atoms with van der Waals surface area (Å²) >= 11 is 0. The summed E-state index contributed by atoms with van der Waals surface area (Å²) in [7, 11) is 0. The second kappa shape index (κ2) is 4.30. The average Bonchev–Trinajstić information content (AvgIpc) is 1.79. The lowest BCUT2D eigenvalue weighted by atomic mass is 10.1. The van der Waals surface area contributed by atoms with E-state index in [-0.39, 0.29) is 11.6 Å². The standard InChI is InChI=1S/C8H18N2O2/c1-6(2)10-12-7(11)9-8(3,4)5/h6,10H,1-5H3,(H,9,11). The van der Waals surface area contributed by atoms with Crippen LogP contribution in [-0.4, -0.2) is 17.7 Å². The van der Waals surface area contributed by atoms with Gasteiger partial charge in [0.1, 0.15) is 0 Å². The summed E-state index contributed by atoms with van der Waals surface area (Å²) in [5.41, 5.74) is 2.30. The van der Waals surface area contributed by atoms with Crippen LogP contribution in [0, 0.1) is 0 Å². The Morgan fingerprint density at radius 1 is 1.33 bits per heavy atom. The molecule has 72 valence electrons. The average molecular weight is 174 g/mol. The van der Waals surface area contributed by atoms with E-state index in [9.17, 15) is 4.79 Å². The summed E-state index contributed by atoms with van der Waals surface area (Å²) in [5, 5.41) is 2.65. The lowest BCUT2D eigenvalue weighted by molar-refractivity contribution is 0.0699. The Labute approximate surface area is 73.6 Å². The number of hydrogen-bond acceptors (Lipinski definition) is 3. The Morgan fingerprint density at radius 2 is 1.83 bits per heavy atom. The summed E-state index contributed by atoms with van der Waals surface area (Å²) in [5.74, 6) is 0. The molecule has 0 aromatic rings. The highest BCUT2D eigenvalue weighted by Gasteiger charge is 2.14. The van der Waals surface area contributed by atoms with Crippen LogP contribution >= 0.6 is 0 Å². The summed E-state index contributed by atoms with van der Waals surface area (Å²) in [6.07, 6.45) is -0.448. The number of hydroxylamine groups is 1.